The number of likely N-dealkylation sites (tertiary alicyclic amines) is 1. The Morgan fingerprint density at radius 3 is 2.81 bits per heavy atom. The standard InChI is InChI=1S/C12H13N5O3S/c13-10(9-2-1-3-21-9)11(18)16-4-7(5-16)17-6-8(12(19)20)14-15-17/h1-3,6-7,10H,4-5,13H2,(H,19,20). The first-order chi connectivity index (χ1) is 10.1. The topological polar surface area (TPSA) is 114 Å². The Hall–Kier alpha value is -2.26. The molecule has 0 saturated carbocycles. The second-order valence-electron chi connectivity index (χ2n) is 4.78. The van der Waals surface area contributed by atoms with Crippen molar-refractivity contribution in [2.75, 3.05) is 13.1 Å². The van der Waals surface area contributed by atoms with Crippen LogP contribution in [0.4, 0.5) is 0 Å². The fraction of sp³-hybridized carbons (Fsp3) is 0.333. The molecule has 21 heavy (non-hydrogen) atoms. The molecule has 8 nitrogen and oxygen atoms in total. The van der Waals surface area contributed by atoms with Crippen LogP contribution in [0.3, 0.4) is 0 Å². The van der Waals surface area contributed by atoms with Crippen molar-refractivity contribution in [1.82, 2.24) is 19.9 Å². The maximum Gasteiger partial charge on any atom is 0.358 e. The number of carbonyl (C=O) groups is 2. The number of hydrogen-bond donors (Lipinski definition) is 2. The van der Waals surface area contributed by atoms with Gasteiger partial charge in [0.05, 0.1) is 12.2 Å². The Bertz CT molecular complexity index is 662. The third-order valence-corrected chi connectivity index (χ3v) is 4.35. The fourth-order valence-corrected chi connectivity index (χ4v) is 2.86. The predicted octanol–water partition coefficient (Wildman–Crippen LogP) is 0.121. The van der Waals surface area contributed by atoms with E-state index in [1.807, 2.05) is 17.5 Å². The van der Waals surface area contributed by atoms with Gasteiger partial charge in [0.1, 0.15) is 6.04 Å². The van der Waals surface area contributed by atoms with E-state index in [0.717, 1.165) is 4.88 Å². The van der Waals surface area contributed by atoms with Gasteiger partial charge in [-0.05, 0) is 11.4 Å². The maximum absolute atomic E-state index is 12.2. The summed E-state index contributed by atoms with van der Waals surface area (Å²) in [6, 6.07) is 3.00. The molecule has 1 atom stereocenters. The van der Waals surface area contributed by atoms with E-state index < -0.39 is 12.0 Å². The van der Waals surface area contributed by atoms with Gasteiger partial charge in [0, 0.05) is 18.0 Å². The van der Waals surface area contributed by atoms with E-state index in [2.05, 4.69) is 10.3 Å². The number of aromatic carboxylic acids is 1. The maximum atomic E-state index is 12.2. The number of nitrogens with two attached hydrogens (primary N) is 1. The van der Waals surface area contributed by atoms with Gasteiger partial charge in [0.25, 0.3) is 0 Å². The minimum Gasteiger partial charge on any atom is -0.476 e. The number of rotatable bonds is 4. The lowest BCUT2D eigenvalue weighted by molar-refractivity contribution is -0.138. The summed E-state index contributed by atoms with van der Waals surface area (Å²) in [5, 5.41) is 18.0. The molecule has 1 aliphatic heterocycles. The summed E-state index contributed by atoms with van der Waals surface area (Å²) in [4.78, 5) is 25.4. The fourth-order valence-electron chi connectivity index (χ4n) is 2.14. The SMILES string of the molecule is NC(C(=O)N1CC(n2cc(C(=O)O)nn2)C1)c1cccs1. The molecule has 110 valence electrons. The van der Waals surface area contributed by atoms with Crippen LogP contribution in [0.5, 0.6) is 0 Å². The minimum atomic E-state index is -1.12. The van der Waals surface area contributed by atoms with E-state index in [0.29, 0.717) is 13.1 Å². The van der Waals surface area contributed by atoms with Crippen molar-refractivity contribution < 1.29 is 14.7 Å². The third kappa shape index (κ3) is 2.52. The first-order valence-corrected chi connectivity index (χ1v) is 7.17. The number of hydrogen-bond acceptors (Lipinski definition) is 6. The largest absolute Gasteiger partial charge is 0.476 e. The molecule has 1 saturated heterocycles. The number of carboxylic acid groups (broad SMARTS) is 1. The van der Waals surface area contributed by atoms with Gasteiger partial charge in [0.2, 0.25) is 5.91 Å². The Labute approximate surface area is 123 Å². The second-order valence-corrected chi connectivity index (χ2v) is 5.76. The highest BCUT2D eigenvalue weighted by Gasteiger charge is 2.35. The second kappa shape index (κ2) is 5.26. The zero-order chi connectivity index (χ0) is 15.0. The molecule has 3 rings (SSSR count). The smallest absolute Gasteiger partial charge is 0.358 e. The highest BCUT2D eigenvalue weighted by atomic mass is 32.1. The summed E-state index contributed by atoms with van der Waals surface area (Å²) >= 11 is 1.45. The highest BCUT2D eigenvalue weighted by molar-refractivity contribution is 7.10. The monoisotopic (exact) mass is 307 g/mol. The molecule has 2 aromatic heterocycles. The number of nitrogens with zero attached hydrogens (tertiary/aromatic N) is 4. The number of amides is 1. The minimum absolute atomic E-state index is 0.0508. The van der Waals surface area contributed by atoms with Crippen molar-refractivity contribution in [2.24, 2.45) is 5.73 Å². The van der Waals surface area contributed by atoms with Crippen LogP contribution in [0, 0.1) is 0 Å². The molecule has 1 aliphatic rings. The third-order valence-electron chi connectivity index (χ3n) is 3.39. The van der Waals surface area contributed by atoms with Gasteiger partial charge in [-0.2, -0.15) is 0 Å². The van der Waals surface area contributed by atoms with Gasteiger partial charge in [-0.25, -0.2) is 9.48 Å². The zero-order valence-corrected chi connectivity index (χ0v) is 11.7. The average molecular weight is 307 g/mol. The van der Waals surface area contributed by atoms with E-state index >= 15 is 0 Å². The lowest BCUT2D eigenvalue weighted by atomic mass is 10.1. The van der Waals surface area contributed by atoms with Crippen molar-refractivity contribution in [3.63, 3.8) is 0 Å². The van der Waals surface area contributed by atoms with Gasteiger partial charge < -0.3 is 15.7 Å². The number of carbonyl (C=O) groups excluding carboxylic acids is 1. The van der Waals surface area contributed by atoms with E-state index in [-0.39, 0.29) is 17.6 Å². The Kier molecular flexibility index (Phi) is 3.43. The molecule has 1 amide bonds. The van der Waals surface area contributed by atoms with E-state index in [9.17, 15) is 9.59 Å². The summed E-state index contributed by atoms with van der Waals surface area (Å²) in [5.74, 6) is -1.25. The average Bonchev–Trinajstić information content (AvgIpc) is 3.07. The molecule has 0 spiro atoms. The van der Waals surface area contributed by atoms with Gasteiger partial charge in [0.15, 0.2) is 5.69 Å². The summed E-state index contributed by atoms with van der Waals surface area (Å²) < 4.78 is 1.48. The molecule has 0 aliphatic carbocycles. The molecule has 0 bridgehead atoms. The number of aromatic nitrogens is 3. The van der Waals surface area contributed by atoms with Crippen LogP contribution in [0.15, 0.2) is 23.7 Å². The molecule has 1 fully saturated rings. The Morgan fingerprint density at radius 2 is 2.24 bits per heavy atom. The Balaban J connectivity index is 1.60. The van der Waals surface area contributed by atoms with E-state index in [1.165, 1.54) is 22.2 Å². The highest BCUT2D eigenvalue weighted by Crippen LogP contribution is 2.25. The van der Waals surface area contributed by atoms with Crippen LogP contribution in [0.1, 0.15) is 27.4 Å². The molecule has 9 heteroatoms. The van der Waals surface area contributed by atoms with Crippen LogP contribution in [-0.2, 0) is 4.79 Å². The van der Waals surface area contributed by atoms with Gasteiger partial charge in [-0.15, -0.1) is 16.4 Å². The van der Waals surface area contributed by atoms with Crippen LogP contribution < -0.4 is 5.73 Å². The van der Waals surface area contributed by atoms with Gasteiger partial charge >= 0.3 is 5.97 Å². The lowest BCUT2D eigenvalue weighted by Gasteiger charge is -2.39. The summed E-state index contributed by atoms with van der Waals surface area (Å²) in [7, 11) is 0. The predicted molar refractivity (Wildman–Crippen MR) is 73.8 cm³/mol. The van der Waals surface area contributed by atoms with Crippen molar-refractivity contribution in [3.05, 3.63) is 34.3 Å². The molecule has 3 N–H and O–H groups in total. The molecule has 0 aromatic carbocycles. The Morgan fingerprint density at radius 1 is 1.48 bits per heavy atom. The van der Waals surface area contributed by atoms with Crippen molar-refractivity contribution in [2.45, 2.75) is 12.1 Å². The van der Waals surface area contributed by atoms with Gasteiger partial charge in [-0.3, -0.25) is 4.79 Å². The normalized spacial score (nSPS) is 16.5. The quantitative estimate of drug-likeness (QED) is 0.829. The lowest BCUT2D eigenvalue weighted by Crippen LogP contribution is -2.53. The van der Waals surface area contributed by atoms with E-state index in [4.69, 9.17) is 10.8 Å². The van der Waals surface area contributed by atoms with Crippen LogP contribution in [0.2, 0.25) is 0 Å². The molecule has 2 aromatic rings. The van der Waals surface area contributed by atoms with Crippen molar-refractivity contribution in [3.8, 4) is 0 Å². The van der Waals surface area contributed by atoms with E-state index in [1.54, 1.807) is 4.90 Å². The van der Waals surface area contributed by atoms with Crippen LogP contribution in [-0.4, -0.2) is 50.0 Å². The molecule has 0 radical (unpaired) electrons. The molecular formula is C12H13N5O3S. The summed E-state index contributed by atoms with van der Waals surface area (Å²) in [5.41, 5.74) is 5.83. The molecule has 1 unspecified atom stereocenters. The summed E-state index contributed by atoms with van der Waals surface area (Å²) in [6.45, 7) is 0.917. The number of carboxylic acids is 1. The van der Waals surface area contributed by atoms with Crippen molar-refractivity contribution >= 4 is 23.2 Å². The molecule has 3 heterocycles. The van der Waals surface area contributed by atoms with Crippen molar-refractivity contribution in [1.29, 1.82) is 0 Å². The zero-order valence-electron chi connectivity index (χ0n) is 10.9. The van der Waals surface area contributed by atoms with Crippen LogP contribution in [0.25, 0.3) is 0 Å². The molecular weight excluding hydrogens is 294 g/mol. The van der Waals surface area contributed by atoms with Gasteiger partial charge in [-0.1, -0.05) is 11.3 Å². The number of thiophene rings is 1. The first kappa shape index (κ1) is 13.7. The summed E-state index contributed by atoms with van der Waals surface area (Å²) in [6.07, 6.45) is 1.37. The first-order valence-electron chi connectivity index (χ1n) is 6.29. The van der Waals surface area contributed by atoms with Crippen LogP contribution >= 0.6 is 11.3 Å².